The molecular formula is C23H20N4O3. The minimum Gasteiger partial charge on any atom is -0.461 e. The lowest BCUT2D eigenvalue weighted by atomic mass is 10.0. The Kier molecular flexibility index (Phi) is 5.52. The first kappa shape index (κ1) is 19.3. The van der Waals surface area contributed by atoms with Gasteiger partial charge in [0.25, 0.3) is 5.91 Å². The van der Waals surface area contributed by atoms with Crippen LogP contribution in [0.2, 0.25) is 0 Å². The van der Waals surface area contributed by atoms with Crippen molar-refractivity contribution in [3.63, 3.8) is 0 Å². The summed E-state index contributed by atoms with van der Waals surface area (Å²) in [4.78, 5) is 35.7. The Bertz CT molecular complexity index is 1200. The predicted octanol–water partition coefficient (Wildman–Crippen LogP) is 3.73. The molecule has 0 unspecified atom stereocenters. The maximum Gasteiger partial charge on any atom is 0.354 e. The number of H-pyrrole nitrogens is 1. The van der Waals surface area contributed by atoms with Crippen molar-refractivity contribution in [3.05, 3.63) is 84.1 Å². The SMILES string of the molecule is CCOC(=O)c1cc2cc(-c3cncc(C(=O)NCc4ccncc4)c3)ccc2[nH]1. The van der Waals surface area contributed by atoms with Gasteiger partial charge in [0.15, 0.2) is 0 Å². The van der Waals surface area contributed by atoms with Crippen molar-refractivity contribution in [2.24, 2.45) is 0 Å². The van der Waals surface area contributed by atoms with Crippen LogP contribution in [0.3, 0.4) is 0 Å². The van der Waals surface area contributed by atoms with Gasteiger partial charge < -0.3 is 15.0 Å². The number of nitrogens with one attached hydrogen (secondary N) is 2. The highest BCUT2D eigenvalue weighted by atomic mass is 16.5. The number of aromatic amines is 1. The fourth-order valence-electron chi connectivity index (χ4n) is 3.14. The number of fused-ring (bicyclic) bond motifs is 1. The van der Waals surface area contributed by atoms with Crippen LogP contribution in [-0.4, -0.2) is 33.4 Å². The summed E-state index contributed by atoms with van der Waals surface area (Å²) in [6.07, 6.45) is 6.63. The molecule has 0 atom stereocenters. The summed E-state index contributed by atoms with van der Waals surface area (Å²) in [7, 11) is 0. The maximum atomic E-state index is 12.5. The fourth-order valence-corrected chi connectivity index (χ4v) is 3.14. The number of rotatable bonds is 6. The highest BCUT2D eigenvalue weighted by Gasteiger charge is 2.12. The molecule has 0 aliphatic rings. The van der Waals surface area contributed by atoms with Gasteiger partial charge in [0, 0.05) is 47.8 Å². The van der Waals surface area contributed by atoms with Crippen LogP contribution in [0.25, 0.3) is 22.0 Å². The normalized spacial score (nSPS) is 10.7. The molecule has 30 heavy (non-hydrogen) atoms. The number of esters is 1. The number of aromatic nitrogens is 3. The van der Waals surface area contributed by atoms with Crippen molar-refractivity contribution < 1.29 is 14.3 Å². The van der Waals surface area contributed by atoms with Gasteiger partial charge in [-0.15, -0.1) is 0 Å². The van der Waals surface area contributed by atoms with E-state index in [0.717, 1.165) is 27.6 Å². The first-order chi connectivity index (χ1) is 14.6. The van der Waals surface area contributed by atoms with Gasteiger partial charge >= 0.3 is 5.97 Å². The van der Waals surface area contributed by atoms with E-state index in [0.29, 0.717) is 24.4 Å². The quantitative estimate of drug-likeness (QED) is 0.481. The van der Waals surface area contributed by atoms with Crippen molar-refractivity contribution in [2.45, 2.75) is 13.5 Å². The van der Waals surface area contributed by atoms with E-state index in [9.17, 15) is 9.59 Å². The zero-order valence-electron chi connectivity index (χ0n) is 16.4. The summed E-state index contributed by atoms with van der Waals surface area (Å²) < 4.78 is 5.04. The molecule has 0 radical (unpaired) electrons. The molecule has 3 heterocycles. The van der Waals surface area contributed by atoms with Crippen LogP contribution < -0.4 is 5.32 Å². The molecule has 2 N–H and O–H groups in total. The van der Waals surface area contributed by atoms with Crippen LogP contribution in [0.4, 0.5) is 0 Å². The van der Waals surface area contributed by atoms with E-state index in [1.807, 2.05) is 30.3 Å². The Morgan fingerprint density at radius 3 is 2.63 bits per heavy atom. The Labute approximate surface area is 173 Å². The lowest BCUT2D eigenvalue weighted by Crippen LogP contribution is -2.22. The maximum absolute atomic E-state index is 12.5. The molecule has 3 aromatic heterocycles. The first-order valence-corrected chi connectivity index (χ1v) is 9.56. The summed E-state index contributed by atoms with van der Waals surface area (Å²) in [5.41, 5.74) is 4.40. The number of amides is 1. The summed E-state index contributed by atoms with van der Waals surface area (Å²) in [6.45, 7) is 2.50. The number of hydrogen-bond donors (Lipinski definition) is 2. The van der Waals surface area contributed by atoms with E-state index >= 15 is 0 Å². The van der Waals surface area contributed by atoms with Crippen LogP contribution >= 0.6 is 0 Å². The average Bonchev–Trinajstić information content (AvgIpc) is 3.22. The molecule has 7 nitrogen and oxygen atoms in total. The van der Waals surface area contributed by atoms with Crippen molar-refractivity contribution >= 4 is 22.8 Å². The van der Waals surface area contributed by atoms with Gasteiger partial charge in [0.2, 0.25) is 0 Å². The molecule has 0 saturated carbocycles. The van der Waals surface area contributed by atoms with Crippen molar-refractivity contribution in [2.75, 3.05) is 6.61 Å². The van der Waals surface area contributed by atoms with Gasteiger partial charge in [-0.2, -0.15) is 0 Å². The van der Waals surface area contributed by atoms with Crippen LogP contribution in [0.5, 0.6) is 0 Å². The summed E-state index contributed by atoms with van der Waals surface area (Å²) in [5.74, 6) is -0.585. The van der Waals surface area contributed by atoms with E-state index in [4.69, 9.17) is 4.74 Å². The number of benzene rings is 1. The van der Waals surface area contributed by atoms with Crippen molar-refractivity contribution in [1.29, 1.82) is 0 Å². The van der Waals surface area contributed by atoms with Crippen molar-refractivity contribution in [3.8, 4) is 11.1 Å². The summed E-state index contributed by atoms with van der Waals surface area (Å²) in [6, 6.07) is 13.0. The number of hydrogen-bond acceptors (Lipinski definition) is 5. The number of pyridine rings is 2. The van der Waals surface area contributed by atoms with Gasteiger partial charge in [-0.3, -0.25) is 14.8 Å². The van der Waals surface area contributed by atoms with Crippen molar-refractivity contribution in [1.82, 2.24) is 20.3 Å². The molecule has 0 saturated heterocycles. The van der Waals surface area contributed by atoms with E-state index < -0.39 is 0 Å². The summed E-state index contributed by atoms with van der Waals surface area (Å²) >= 11 is 0. The van der Waals surface area contributed by atoms with Gasteiger partial charge in [-0.05, 0) is 54.4 Å². The zero-order valence-corrected chi connectivity index (χ0v) is 16.4. The monoisotopic (exact) mass is 400 g/mol. The molecule has 0 spiro atoms. The second-order valence-electron chi connectivity index (χ2n) is 6.71. The first-order valence-electron chi connectivity index (χ1n) is 9.56. The Morgan fingerprint density at radius 1 is 1.00 bits per heavy atom. The van der Waals surface area contributed by atoms with Gasteiger partial charge in [0.1, 0.15) is 5.69 Å². The Balaban J connectivity index is 1.54. The molecule has 0 bridgehead atoms. The topological polar surface area (TPSA) is 97.0 Å². The fraction of sp³-hybridized carbons (Fsp3) is 0.130. The molecule has 4 rings (SSSR count). The van der Waals surface area contributed by atoms with Gasteiger partial charge in [-0.1, -0.05) is 6.07 Å². The lowest BCUT2D eigenvalue weighted by molar-refractivity contribution is 0.0520. The van der Waals surface area contributed by atoms with Crippen LogP contribution in [0, 0.1) is 0 Å². The van der Waals surface area contributed by atoms with Gasteiger partial charge in [0.05, 0.1) is 12.2 Å². The van der Waals surface area contributed by atoms with Crippen LogP contribution in [-0.2, 0) is 11.3 Å². The molecule has 150 valence electrons. The van der Waals surface area contributed by atoms with E-state index in [2.05, 4.69) is 20.3 Å². The lowest BCUT2D eigenvalue weighted by Gasteiger charge is -2.07. The Hall–Kier alpha value is -4.00. The third-order valence-corrected chi connectivity index (χ3v) is 4.65. The summed E-state index contributed by atoms with van der Waals surface area (Å²) in [5, 5.41) is 3.77. The van der Waals surface area contributed by atoms with E-state index in [1.165, 1.54) is 0 Å². The molecule has 0 aliphatic heterocycles. The third kappa shape index (κ3) is 4.20. The van der Waals surface area contributed by atoms with Crippen LogP contribution in [0.15, 0.2) is 67.3 Å². The minimum absolute atomic E-state index is 0.200. The standard InChI is InChI=1S/C23H20N4O3/c1-2-30-23(29)21-11-17-9-16(3-4-20(17)27-21)18-10-19(14-25-13-18)22(28)26-12-15-5-7-24-8-6-15/h3-11,13-14,27H,2,12H2,1H3,(H,26,28). The zero-order chi connectivity index (χ0) is 20.9. The van der Waals surface area contributed by atoms with Gasteiger partial charge in [-0.25, -0.2) is 4.79 Å². The number of carbonyl (C=O) groups excluding carboxylic acids is 2. The largest absolute Gasteiger partial charge is 0.461 e. The molecule has 4 aromatic rings. The average molecular weight is 400 g/mol. The second-order valence-corrected chi connectivity index (χ2v) is 6.71. The highest BCUT2D eigenvalue weighted by molar-refractivity contribution is 5.97. The second kappa shape index (κ2) is 8.57. The highest BCUT2D eigenvalue weighted by Crippen LogP contribution is 2.25. The molecule has 0 aliphatic carbocycles. The molecule has 0 fully saturated rings. The molecule has 1 amide bonds. The number of nitrogens with zero attached hydrogens (tertiary/aromatic N) is 2. The van der Waals surface area contributed by atoms with E-state index in [1.54, 1.807) is 43.8 Å². The molecule has 7 heteroatoms. The number of ether oxygens (including phenoxy) is 1. The third-order valence-electron chi connectivity index (χ3n) is 4.65. The smallest absolute Gasteiger partial charge is 0.354 e. The molecular weight excluding hydrogens is 380 g/mol. The minimum atomic E-state index is -0.384. The van der Waals surface area contributed by atoms with Crippen LogP contribution in [0.1, 0.15) is 33.3 Å². The number of carbonyl (C=O) groups is 2. The Morgan fingerprint density at radius 2 is 1.83 bits per heavy atom. The molecule has 1 aromatic carbocycles. The predicted molar refractivity (Wildman–Crippen MR) is 113 cm³/mol. The van der Waals surface area contributed by atoms with E-state index in [-0.39, 0.29) is 11.9 Å².